The minimum Gasteiger partial charge on any atom is -0.496 e. The number of nitrogens with two attached hydrogens (primary N) is 1. The van der Waals surface area contributed by atoms with Crippen molar-refractivity contribution in [2.45, 2.75) is 13.0 Å². The molecular weight excluding hydrogens is 178 g/mol. The van der Waals surface area contributed by atoms with Crippen LogP contribution in [-0.2, 0) is 4.74 Å². The summed E-state index contributed by atoms with van der Waals surface area (Å²) < 4.78 is 10.2. The maximum absolute atomic E-state index is 5.90. The van der Waals surface area contributed by atoms with E-state index in [0.29, 0.717) is 6.61 Å². The Balaban J connectivity index is 2.85. The lowest BCUT2D eigenvalue weighted by Gasteiger charge is -2.13. The topological polar surface area (TPSA) is 44.5 Å². The zero-order chi connectivity index (χ0) is 10.6. The molecule has 1 aromatic carbocycles. The molecule has 0 saturated carbocycles. The highest BCUT2D eigenvalue weighted by Crippen LogP contribution is 2.21. The van der Waals surface area contributed by atoms with Crippen LogP contribution in [0.5, 0.6) is 5.75 Å². The summed E-state index contributed by atoms with van der Waals surface area (Å²) in [5.74, 6) is 0.887. The largest absolute Gasteiger partial charge is 0.496 e. The molecule has 1 aromatic rings. The van der Waals surface area contributed by atoms with Gasteiger partial charge in [0.15, 0.2) is 0 Å². The second kappa shape index (κ2) is 4.98. The van der Waals surface area contributed by atoms with E-state index in [1.54, 1.807) is 14.2 Å². The van der Waals surface area contributed by atoms with Gasteiger partial charge in [0, 0.05) is 7.11 Å². The van der Waals surface area contributed by atoms with Crippen molar-refractivity contribution in [3.63, 3.8) is 0 Å². The number of methoxy groups -OCH3 is 2. The van der Waals surface area contributed by atoms with Crippen molar-refractivity contribution in [2.24, 2.45) is 5.73 Å². The molecule has 0 fully saturated rings. The summed E-state index contributed by atoms with van der Waals surface area (Å²) in [5.41, 5.74) is 8.07. The molecule has 1 atom stereocenters. The second-order valence-electron chi connectivity index (χ2n) is 3.29. The number of hydrogen-bond donors (Lipinski definition) is 1. The average molecular weight is 195 g/mol. The number of benzene rings is 1. The van der Waals surface area contributed by atoms with E-state index in [1.165, 1.54) is 0 Å². The molecule has 0 aliphatic rings. The Morgan fingerprint density at radius 2 is 2.07 bits per heavy atom. The van der Waals surface area contributed by atoms with Gasteiger partial charge in [-0.1, -0.05) is 12.1 Å². The van der Waals surface area contributed by atoms with Gasteiger partial charge in [0.1, 0.15) is 5.75 Å². The fourth-order valence-electron chi connectivity index (χ4n) is 1.41. The third kappa shape index (κ3) is 2.47. The molecule has 0 aliphatic carbocycles. The Bertz CT molecular complexity index is 299. The summed E-state index contributed by atoms with van der Waals surface area (Å²) in [6, 6.07) is 5.86. The molecule has 3 nitrogen and oxygen atoms in total. The van der Waals surface area contributed by atoms with E-state index < -0.39 is 0 Å². The summed E-state index contributed by atoms with van der Waals surface area (Å²) in [6.07, 6.45) is 0. The van der Waals surface area contributed by atoms with E-state index in [1.807, 2.05) is 25.1 Å². The number of ether oxygens (including phenoxy) is 2. The van der Waals surface area contributed by atoms with Gasteiger partial charge in [-0.2, -0.15) is 0 Å². The van der Waals surface area contributed by atoms with Crippen LogP contribution in [0.15, 0.2) is 18.2 Å². The van der Waals surface area contributed by atoms with Crippen LogP contribution >= 0.6 is 0 Å². The van der Waals surface area contributed by atoms with Crippen molar-refractivity contribution in [1.82, 2.24) is 0 Å². The first-order chi connectivity index (χ1) is 6.69. The molecule has 3 heteroatoms. The molecule has 0 aromatic heterocycles. The van der Waals surface area contributed by atoms with Gasteiger partial charge in [-0.05, 0) is 24.1 Å². The molecule has 0 saturated heterocycles. The first kappa shape index (κ1) is 11.0. The third-order valence-electron chi connectivity index (χ3n) is 2.19. The summed E-state index contributed by atoms with van der Waals surface area (Å²) in [4.78, 5) is 0. The molecule has 0 aliphatic heterocycles. The smallest absolute Gasteiger partial charge is 0.121 e. The van der Waals surface area contributed by atoms with Crippen LogP contribution in [0.4, 0.5) is 0 Å². The highest BCUT2D eigenvalue weighted by atomic mass is 16.5. The van der Waals surface area contributed by atoms with E-state index >= 15 is 0 Å². The van der Waals surface area contributed by atoms with Crippen molar-refractivity contribution < 1.29 is 9.47 Å². The minimum atomic E-state index is -0.0652. The zero-order valence-electron chi connectivity index (χ0n) is 8.91. The van der Waals surface area contributed by atoms with Crippen LogP contribution in [0.3, 0.4) is 0 Å². The Morgan fingerprint density at radius 1 is 1.36 bits per heavy atom. The van der Waals surface area contributed by atoms with Crippen molar-refractivity contribution in [3.8, 4) is 5.75 Å². The van der Waals surface area contributed by atoms with Gasteiger partial charge < -0.3 is 15.2 Å². The van der Waals surface area contributed by atoms with Gasteiger partial charge >= 0.3 is 0 Å². The van der Waals surface area contributed by atoms with Crippen molar-refractivity contribution in [1.29, 1.82) is 0 Å². The first-order valence-corrected chi connectivity index (χ1v) is 4.58. The summed E-state index contributed by atoms with van der Waals surface area (Å²) >= 11 is 0. The molecule has 78 valence electrons. The van der Waals surface area contributed by atoms with Crippen molar-refractivity contribution in [2.75, 3.05) is 20.8 Å². The number of rotatable bonds is 4. The maximum atomic E-state index is 5.90. The molecule has 0 heterocycles. The van der Waals surface area contributed by atoms with Crippen LogP contribution in [-0.4, -0.2) is 20.8 Å². The minimum absolute atomic E-state index is 0.0652. The van der Waals surface area contributed by atoms with E-state index in [4.69, 9.17) is 15.2 Å². The summed E-state index contributed by atoms with van der Waals surface area (Å²) in [7, 11) is 3.31. The lowest BCUT2D eigenvalue weighted by molar-refractivity contribution is 0.181. The molecule has 0 radical (unpaired) electrons. The van der Waals surface area contributed by atoms with Crippen LogP contribution in [0.2, 0.25) is 0 Å². The zero-order valence-corrected chi connectivity index (χ0v) is 8.91. The fourth-order valence-corrected chi connectivity index (χ4v) is 1.41. The molecular formula is C11H17NO2. The van der Waals surface area contributed by atoms with Crippen LogP contribution in [0, 0.1) is 6.92 Å². The Hall–Kier alpha value is -1.06. The molecule has 2 N–H and O–H groups in total. The van der Waals surface area contributed by atoms with Crippen LogP contribution in [0.25, 0.3) is 0 Å². The van der Waals surface area contributed by atoms with E-state index in [0.717, 1.165) is 16.9 Å². The summed E-state index contributed by atoms with van der Waals surface area (Å²) in [6.45, 7) is 2.54. The van der Waals surface area contributed by atoms with Gasteiger partial charge in [-0.15, -0.1) is 0 Å². The molecule has 0 amide bonds. The van der Waals surface area contributed by atoms with Crippen molar-refractivity contribution >= 4 is 0 Å². The van der Waals surface area contributed by atoms with Gasteiger partial charge in [0.2, 0.25) is 0 Å². The van der Waals surface area contributed by atoms with E-state index in [-0.39, 0.29) is 6.04 Å². The average Bonchev–Trinajstić information content (AvgIpc) is 2.18. The maximum Gasteiger partial charge on any atom is 0.121 e. The van der Waals surface area contributed by atoms with Crippen LogP contribution < -0.4 is 10.5 Å². The molecule has 0 spiro atoms. The standard InChI is InChI=1S/C11H17NO2/c1-8-6-9(10(12)7-13-2)4-5-11(8)14-3/h4-6,10H,7,12H2,1-3H3. The monoisotopic (exact) mass is 195 g/mol. The van der Waals surface area contributed by atoms with E-state index in [2.05, 4.69) is 0 Å². The lowest BCUT2D eigenvalue weighted by atomic mass is 10.1. The van der Waals surface area contributed by atoms with E-state index in [9.17, 15) is 0 Å². The fraction of sp³-hybridized carbons (Fsp3) is 0.455. The quantitative estimate of drug-likeness (QED) is 0.794. The number of aryl methyl sites for hydroxylation is 1. The SMILES string of the molecule is COCC(N)c1ccc(OC)c(C)c1. The second-order valence-corrected chi connectivity index (χ2v) is 3.29. The van der Waals surface area contributed by atoms with Gasteiger partial charge in [-0.3, -0.25) is 0 Å². The predicted molar refractivity (Wildman–Crippen MR) is 56.5 cm³/mol. The van der Waals surface area contributed by atoms with Gasteiger partial charge in [0.05, 0.1) is 19.8 Å². The lowest BCUT2D eigenvalue weighted by Crippen LogP contribution is -2.16. The Labute approximate surface area is 84.8 Å². The molecule has 14 heavy (non-hydrogen) atoms. The number of hydrogen-bond acceptors (Lipinski definition) is 3. The summed E-state index contributed by atoms with van der Waals surface area (Å²) in [5, 5.41) is 0. The predicted octanol–water partition coefficient (Wildman–Crippen LogP) is 1.65. The Morgan fingerprint density at radius 3 is 2.57 bits per heavy atom. The highest BCUT2D eigenvalue weighted by molar-refractivity contribution is 5.37. The first-order valence-electron chi connectivity index (χ1n) is 4.58. The van der Waals surface area contributed by atoms with Gasteiger partial charge in [0.25, 0.3) is 0 Å². The van der Waals surface area contributed by atoms with Crippen LogP contribution in [0.1, 0.15) is 17.2 Å². The third-order valence-corrected chi connectivity index (χ3v) is 2.19. The highest BCUT2D eigenvalue weighted by Gasteiger charge is 2.07. The molecule has 0 bridgehead atoms. The Kier molecular flexibility index (Phi) is 3.92. The molecule has 1 rings (SSSR count). The molecule has 1 unspecified atom stereocenters. The van der Waals surface area contributed by atoms with Gasteiger partial charge in [-0.25, -0.2) is 0 Å². The van der Waals surface area contributed by atoms with Crippen molar-refractivity contribution in [3.05, 3.63) is 29.3 Å². The normalized spacial score (nSPS) is 12.6.